The van der Waals surface area contributed by atoms with Gasteiger partial charge in [-0.05, 0) is 17.0 Å². The second-order valence-corrected chi connectivity index (χ2v) is 8.20. The van der Waals surface area contributed by atoms with Gasteiger partial charge in [0.15, 0.2) is 8.68 Å². The predicted molar refractivity (Wildman–Crippen MR) is 89.9 cm³/mol. The average Bonchev–Trinajstić information content (AvgIpc) is 2.91. The number of nitrogens with zero attached hydrogens (tertiary/aromatic N) is 2. The number of carbonyl (C=O) groups excluding carboxylic acids is 1. The first-order valence-electron chi connectivity index (χ1n) is 6.51. The molecule has 1 aromatic heterocycles. The van der Waals surface area contributed by atoms with E-state index in [4.69, 9.17) is 5.73 Å². The average molecular weight is 340 g/mol. The van der Waals surface area contributed by atoms with Crippen molar-refractivity contribution in [1.29, 1.82) is 0 Å². The summed E-state index contributed by atoms with van der Waals surface area (Å²) in [6.45, 7) is 4.38. The first-order valence-corrected chi connectivity index (χ1v) is 9.29. The molecule has 112 valence electrons. The zero-order valence-electron chi connectivity index (χ0n) is 11.9. The van der Waals surface area contributed by atoms with E-state index < -0.39 is 0 Å². The SMILES string of the molecule is CC(C)c1ccc(CSc2nnc(SCC(N)=O)s2)cc1. The van der Waals surface area contributed by atoms with Crippen LogP contribution in [0.3, 0.4) is 0 Å². The molecule has 0 bridgehead atoms. The van der Waals surface area contributed by atoms with Crippen molar-refractivity contribution in [2.45, 2.75) is 34.2 Å². The highest BCUT2D eigenvalue weighted by Crippen LogP contribution is 2.30. The molecule has 0 radical (unpaired) electrons. The summed E-state index contributed by atoms with van der Waals surface area (Å²) in [5, 5.41) is 8.15. The van der Waals surface area contributed by atoms with Crippen LogP contribution in [-0.4, -0.2) is 21.9 Å². The van der Waals surface area contributed by atoms with E-state index in [0.29, 0.717) is 5.92 Å². The number of hydrogen-bond acceptors (Lipinski definition) is 6. The molecular formula is C14H17N3OS3. The van der Waals surface area contributed by atoms with E-state index >= 15 is 0 Å². The van der Waals surface area contributed by atoms with Gasteiger partial charge in [0.2, 0.25) is 5.91 Å². The number of hydrogen-bond donors (Lipinski definition) is 1. The number of nitrogens with two attached hydrogens (primary N) is 1. The number of carbonyl (C=O) groups is 1. The topological polar surface area (TPSA) is 68.9 Å². The van der Waals surface area contributed by atoms with Crippen molar-refractivity contribution in [3.8, 4) is 0 Å². The van der Waals surface area contributed by atoms with Gasteiger partial charge in [-0.1, -0.05) is 73.0 Å². The minimum atomic E-state index is -0.338. The summed E-state index contributed by atoms with van der Waals surface area (Å²) in [5.41, 5.74) is 7.73. The van der Waals surface area contributed by atoms with Crippen molar-refractivity contribution in [1.82, 2.24) is 10.2 Å². The molecule has 21 heavy (non-hydrogen) atoms. The predicted octanol–water partition coefficient (Wildman–Crippen LogP) is 3.53. The lowest BCUT2D eigenvalue weighted by Crippen LogP contribution is -2.12. The second-order valence-electron chi connectivity index (χ2n) is 4.77. The van der Waals surface area contributed by atoms with Gasteiger partial charge in [0.05, 0.1) is 5.75 Å². The Morgan fingerprint density at radius 2 is 1.81 bits per heavy atom. The van der Waals surface area contributed by atoms with E-state index in [1.54, 1.807) is 11.8 Å². The van der Waals surface area contributed by atoms with Gasteiger partial charge in [0.1, 0.15) is 0 Å². The minimum absolute atomic E-state index is 0.246. The van der Waals surface area contributed by atoms with Crippen LogP contribution >= 0.6 is 34.9 Å². The van der Waals surface area contributed by atoms with Gasteiger partial charge in [-0.25, -0.2) is 0 Å². The quantitative estimate of drug-likeness (QED) is 0.782. The molecule has 0 saturated heterocycles. The Labute approximate surface area is 136 Å². The lowest BCUT2D eigenvalue weighted by atomic mass is 10.0. The van der Waals surface area contributed by atoms with Crippen LogP contribution in [0, 0.1) is 0 Å². The zero-order valence-corrected chi connectivity index (χ0v) is 14.4. The fourth-order valence-corrected chi connectivity index (χ4v) is 4.31. The van der Waals surface area contributed by atoms with E-state index in [2.05, 4.69) is 48.3 Å². The molecule has 0 spiro atoms. The summed E-state index contributed by atoms with van der Waals surface area (Å²) in [6, 6.07) is 8.67. The fraction of sp³-hybridized carbons (Fsp3) is 0.357. The number of rotatable bonds is 7. The standard InChI is InChI=1S/C14H17N3OS3/c1-9(2)11-5-3-10(4-6-11)7-19-13-16-17-14(21-13)20-8-12(15)18/h3-6,9H,7-8H2,1-2H3,(H2,15,18). The maximum absolute atomic E-state index is 10.7. The number of benzene rings is 1. The third-order valence-electron chi connectivity index (χ3n) is 2.73. The van der Waals surface area contributed by atoms with Crippen LogP contribution in [0.25, 0.3) is 0 Å². The van der Waals surface area contributed by atoms with Gasteiger partial charge in [0, 0.05) is 5.75 Å². The molecule has 1 heterocycles. The summed E-state index contributed by atoms with van der Waals surface area (Å²) in [7, 11) is 0. The highest BCUT2D eigenvalue weighted by atomic mass is 32.2. The summed E-state index contributed by atoms with van der Waals surface area (Å²) in [6.07, 6.45) is 0. The Balaban J connectivity index is 1.86. The van der Waals surface area contributed by atoms with Crippen LogP contribution in [0.2, 0.25) is 0 Å². The molecule has 4 nitrogen and oxygen atoms in total. The highest BCUT2D eigenvalue weighted by Gasteiger charge is 2.07. The molecule has 1 aromatic carbocycles. The second kappa shape index (κ2) is 7.82. The third kappa shape index (κ3) is 5.33. The Bertz CT molecular complexity index is 596. The monoisotopic (exact) mass is 339 g/mol. The van der Waals surface area contributed by atoms with Crippen LogP contribution in [-0.2, 0) is 10.5 Å². The lowest BCUT2D eigenvalue weighted by Gasteiger charge is -2.05. The normalized spacial score (nSPS) is 11.0. The molecule has 0 aliphatic rings. The first kappa shape index (κ1) is 16.3. The summed E-state index contributed by atoms with van der Waals surface area (Å²) in [5.74, 6) is 1.33. The highest BCUT2D eigenvalue weighted by molar-refractivity contribution is 8.03. The molecule has 0 atom stereocenters. The van der Waals surface area contributed by atoms with Crippen LogP contribution in [0.15, 0.2) is 32.9 Å². The minimum Gasteiger partial charge on any atom is -0.369 e. The van der Waals surface area contributed by atoms with Crippen molar-refractivity contribution < 1.29 is 4.79 Å². The van der Waals surface area contributed by atoms with E-state index in [1.165, 1.54) is 34.2 Å². The summed E-state index contributed by atoms with van der Waals surface area (Å²) < 4.78 is 1.70. The fourth-order valence-electron chi connectivity index (χ4n) is 1.59. The Hall–Kier alpha value is -1.05. The third-order valence-corrected chi connectivity index (χ3v) is 6.02. The molecule has 0 aliphatic heterocycles. The van der Waals surface area contributed by atoms with Gasteiger partial charge in [-0.3, -0.25) is 4.79 Å². The van der Waals surface area contributed by atoms with Crippen molar-refractivity contribution >= 4 is 40.8 Å². The van der Waals surface area contributed by atoms with E-state index in [-0.39, 0.29) is 11.7 Å². The van der Waals surface area contributed by atoms with Gasteiger partial charge < -0.3 is 5.73 Å². The number of amides is 1. The first-order chi connectivity index (χ1) is 10.0. The van der Waals surface area contributed by atoms with Gasteiger partial charge in [-0.15, -0.1) is 10.2 Å². The zero-order chi connectivity index (χ0) is 15.2. The van der Waals surface area contributed by atoms with E-state index in [9.17, 15) is 4.79 Å². The van der Waals surface area contributed by atoms with Crippen molar-refractivity contribution in [2.75, 3.05) is 5.75 Å². The molecule has 0 aliphatic carbocycles. The van der Waals surface area contributed by atoms with Crippen molar-refractivity contribution in [3.05, 3.63) is 35.4 Å². The Morgan fingerprint density at radius 1 is 1.19 bits per heavy atom. The summed E-state index contributed by atoms with van der Waals surface area (Å²) in [4.78, 5) is 10.7. The van der Waals surface area contributed by atoms with Crippen LogP contribution in [0.5, 0.6) is 0 Å². The molecule has 0 saturated carbocycles. The van der Waals surface area contributed by atoms with Gasteiger partial charge in [0.25, 0.3) is 0 Å². The van der Waals surface area contributed by atoms with Crippen LogP contribution in [0.1, 0.15) is 30.9 Å². The maximum Gasteiger partial charge on any atom is 0.227 e. The largest absolute Gasteiger partial charge is 0.369 e. The molecule has 0 unspecified atom stereocenters. The van der Waals surface area contributed by atoms with Crippen LogP contribution < -0.4 is 5.73 Å². The van der Waals surface area contributed by atoms with E-state index in [0.717, 1.165) is 14.4 Å². The number of primary amides is 1. The van der Waals surface area contributed by atoms with Crippen molar-refractivity contribution in [2.24, 2.45) is 5.73 Å². The van der Waals surface area contributed by atoms with Crippen LogP contribution in [0.4, 0.5) is 0 Å². The van der Waals surface area contributed by atoms with E-state index in [1.807, 2.05) is 0 Å². The molecule has 2 aromatic rings. The van der Waals surface area contributed by atoms with Crippen molar-refractivity contribution in [3.63, 3.8) is 0 Å². The Morgan fingerprint density at radius 3 is 2.38 bits per heavy atom. The maximum atomic E-state index is 10.7. The molecular weight excluding hydrogens is 322 g/mol. The molecule has 7 heteroatoms. The molecule has 1 amide bonds. The summed E-state index contributed by atoms with van der Waals surface area (Å²) >= 11 is 4.49. The molecule has 2 rings (SSSR count). The number of aromatic nitrogens is 2. The van der Waals surface area contributed by atoms with Gasteiger partial charge in [-0.2, -0.15) is 0 Å². The smallest absolute Gasteiger partial charge is 0.227 e. The number of thioether (sulfide) groups is 2. The molecule has 0 fully saturated rings. The van der Waals surface area contributed by atoms with Gasteiger partial charge >= 0.3 is 0 Å². The lowest BCUT2D eigenvalue weighted by molar-refractivity contribution is -0.115. The molecule has 2 N–H and O–H groups in total. The Kier molecular flexibility index (Phi) is 6.08.